The van der Waals surface area contributed by atoms with Crippen LogP contribution in [0.2, 0.25) is 0 Å². The van der Waals surface area contributed by atoms with Gasteiger partial charge >= 0.3 is 0 Å². The molecule has 0 saturated carbocycles. The quantitative estimate of drug-likeness (QED) is 0.628. The van der Waals surface area contributed by atoms with Crippen molar-refractivity contribution in [3.63, 3.8) is 0 Å². The maximum absolute atomic E-state index is 4.64. The zero-order chi connectivity index (χ0) is 10.3. The zero-order valence-electron chi connectivity index (χ0n) is 9.11. The molecule has 2 nitrogen and oxygen atoms in total. The topological polar surface area (TPSA) is 15.6 Å². The van der Waals surface area contributed by atoms with Crippen molar-refractivity contribution in [2.24, 2.45) is 10.9 Å². The third-order valence-corrected chi connectivity index (χ3v) is 3.32. The molecular weight excluding hydrogens is 184 g/mol. The van der Waals surface area contributed by atoms with Crippen molar-refractivity contribution in [2.75, 3.05) is 18.0 Å². The summed E-state index contributed by atoms with van der Waals surface area (Å²) in [5.41, 5.74) is 2.85. The first-order valence-electron chi connectivity index (χ1n) is 5.73. The Morgan fingerprint density at radius 3 is 3.00 bits per heavy atom. The predicted octanol–water partition coefficient (Wildman–Crippen LogP) is 2.49. The van der Waals surface area contributed by atoms with Gasteiger partial charge in [0.25, 0.3) is 0 Å². The monoisotopic (exact) mass is 200 g/mol. The molecule has 0 aromatic heterocycles. The molecule has 0 radical (unpaired) electrons. The van der Waals surface area contributed by atoms with E-state index in [-0.39, 0.29) is 0 Å². The molecule has 0 fully saturated rings. The fourth-order valence-electron chi connectivity index (χ4n) is 2.50. The maximum Gasteiger partial charge on any atom is 0.104 e. The summed E-state index contributed by atoms with van der Waals surface area (Å²) in [6.07, 6.45) is 2.32. The fourth-order valence-corrected chi connectivity index (χ4v) is 2.50. The van der Waals surface area contributed by atoms with Gasteiger partial charge < -0.3 is 4.90 Å². The Hall–Kier alpha value is -1.31. The Morgan fingerprint density at radius 2 is 2.20 bits per heavy atom. The Morgan fingerprint density at radius 1 is 1.33 bits per heavy atom. The minimum Gasteiger partial charge on any atom is -0.330 e. The molecule has 1 unspecified atom stereocenters. The van der Waals surface area contributed by atoms with Gasteiger partial charge in [-0.1, -0.05) is 25.1 Å². The Bertz CT molecular complexity index is 409. The number of hydrogen-bond acceptors (Lipinski definition) is 2. The van der Waals surface area contributed by atoms with Crippen LogP contribution >= 0.6 is 0 Å². The smallest absolute Gasteiger partial charge is 0.104 e. The number of nitrogens with zero attached hydrogens (tertiary/aromatic N) is 2. The highest BCUT2D eigenvalue weighted by Crippen LogP contribution is 2.30. The molecule has 0 N–H and O–H groups in total. The van der Waals surface area contributed by atoms with Crippen molar-refractivity contribution >= 4 is 11.5 Å². The maximum atomic E-state index is 4.64. The summed E-state index contributed by atoms with van der Waals surface area (Å²) < 4.78 is 0. The average molecular weight is 200 g/mol. The van der Waals surface area contributed by atoms with E-state index in [1.54, 1.807) is 0 Å². The average Bonchev–Trinajstić information content (AvgIpc) is 2.83. The summed E-state index contributed by atoms with van der Waals surface area (Å²) >= 11 is 0. The van der Waals surface area contributed by atoms with Crippen LogP contribution in [0, 0.1) is 5.92 Å². The van der Waals surface area contributed by atoms with Crippen LogP contribution in [0.4, 0.5) is 5.69 Å². The van der Waals surface area contributed by atoms with Crippen LogP contribution < -0.4 is 4.90 Å². The third kappa shape index (κ3) is 1.44. The number of hydrogen-bond donors (Lipinski definition) is 0. The molecule has 78 valence electrons. The van der Waals surface area contributed by atoms with Crippen molar-refractivity contribution in [3.8, 4) is 0 Å². The van der Waals surface area contributed by atoms with E-state index < -0.39 is 0 Å². The van der Waals surface area contributed by atoms with Crippen molar-refractivity contribution in [1.82, 2.24) is 0 Å². The number of amidine groups is 1. The summed E-state index contributed by atoms with van der Waals surface area (Å²) in [6.45, 7) is 4.40. The van der Waals surface area contributed by atoms with E-state index in [0.29, 0.717) is 0 Å². The van der Waals surface area contributed by atoms with Crippen molar-refractivity contribution < 1.29 is 0 Å². The van der Waals surface area contributed by atoms with Gasteiger partial charge in [-0.15, -0.1) is 0 Å². The van der Waals surface area contributed by atoms with E-state index in [0.717, 1.165) is 25.4 Å². The molecule has 2 heteroatoms. The Balaban J connectivity index is 1.91. The van der Waals surface area contributed by atoms with Crippen LogP contribution in [-0.2, 0) is 6.42 Å². The predicted molar refractivity (Wildman–Crippen MR) is 63.6 cm³/mol. The molecule has 1 aromatic carbocycles. The Labute approximate surface area is 90.6 Å². The van der Waals surface area contributed by atoms with Crippen molar-refractivity contribution in [2.45, 2.75) is 19.8 Å². The fraction of sp³-hybridized carbons (Fsp3) is 0.462. The van der Waals surface area contributed by atoms with Gasteiger partial charge in [-0.2, -0.15) is 0 Å². The summed E-state index contributed by atoms with van der Waals surface area (Å²) in [5, 5.41) is 0. The van der Waals surface area contributed by atoms with E-state index in [2.05, 4.69) is 41.1 Å². The highest BCUT2D eigenvalue weighted by Gasteiger charge is 2.26. The molecule has 0 saturated heterocycles. The van der Waals surface area contributed by atoms with Gasteiger partial charge in [0.15, 0.2) is 0 Å². The van der Waals surface area contributed by atoms with E-state index in [4.69, 9.17) is 0 Å². The number of anilines is 1. The molecule has 0 bridgehead atoms. The zero-order valence-corrected chi connectivity index (χ0v) is 9.11. The minimum absolute atomic E-state index is 0.729. The molecule has 1 aromatic rings. The van der Waals surface area contributed by atoms with Crippen LogP contribution in [0.3, 0.4) is 0 Å². The first kappa shape index (κ1) is 8.96. The van der Waals surface area contributed by atoms with Crippen LogP contribution in [0.1, 0.15) is 18.9 Å². The number of para-hydroxylation sites is 1. The normalized spacial score (nSPS) is 24.2. The van der Waals surface area contributed by atoms with E-state index in [1.165, 1.54) is 23.5 Å². The highest BCUT2D eigenvalue weighted by atomic mass is 15.2. The second kappa shape index (κ2) is 3.37. The molecule has 2 aliphatic rings. The third-order valence-electron chi connectivity index (χ3n) is 3.32. The molecule has 0 aliphatic carbocycles. The van der Waals surface area contributed by atoms with Gasteiger partial charge in [-0.3, -0.25) is 4.99 Å². The van der Waals surface area contributed by atoms with Gasteiger partial charge in [0, 0.05) is 25.2 Å². The summed E-state index contributed by atoms with van der Waals surface area (Å²) in [6, 6.07) is 8.69. The second-order valence-corrected chi connectivity index (χ2v) is 4.60. The molecular formula is C13H16N2. The number of fused-ring (bicyclic) bond motifs is 1. The van der Waals surface area contributed by atoms with Crippen molar-refractivity contribution in [1.29, 1.82) is 0 Å². The first-order chi connectivity index (χ1) is 7.34. The largest absolute Gasteiger partial charge is 0.330 e. The highest BCUT2D eigenvalue weighted by molar-refractivity contribution is 6.00. The Kier molecular flexibility index (Phi) is 2.01. The lowest BCUT2D eigenvalue weighted by Crippen LogP contribution is -2.27. The van der Waals surface area contributed by atoms with Crippen LogP contribution in [0.5, 0.6) is 0 Å². The van der Waals surface area contributed by atoms with E-state index in [9.17, 15) is 0 Å². The summed E-state index contributed by atoms with van der Waals surface area (Å²) in [7, 11) is 0. The molecule has 0 spiro atoms. The minimum atomic E-state index is 0.729. The first-order valence-corrected chi connectivity index (χ1v) is 5.73. The molecule has 15 heavy (non-hydrogen) atoms. The van der Waals surface area contributed by atoms with Gasteiger partial charge in [-0.25, -0.2) is 0 Å². The number of aliphatic imine (C=N–C) groups is 1. The summed E-state index contributed by atoms with van der Waals surface area (Å²) in [5.74, 6) is 2.03. The molecule has 3 rings (SSSR count). The van der Waals surface area contributed by atoms with Gasteiger partial charge in [0.2, 0.25) is 0 Å². The van der Waals surface area contributed by atoms with Gasteiger partial charge in [0.05, 0.1) is 0 Å². The number of benzene rings is 1. The van der Waals surface area contributed by atoms with Crippen LogP contribution in [-0.4, -0.2) is 18.9 Å². The van der Waals surface area contributed by atoms with Crippen LogP contribution in [0.15, 0.2) is 29.3 Å². The summed E-state index contributed by atoms with van der Waals surface area (Å²) in [4.78, 5) is 7.04. The molecule has 2 aliphatic heterocycles. The molecule has 2 heterocycles. The molecule has 1 atom stereocenters. The van der Waals surface area contributed by atoms with E-state index >= 15 is 0 Å². The number of rotatable bonds is 0. The van der Waals surface area contributed by atoms with Gasteiger partial charge in [-0.05, 0) is 24.0 Å². The lowest BCUT2D eigenvalue weighted by atomic mass is 10.1. The SMILES string of the molecule is CC1CN=C(N2CCc3ccccc32)C1. The second-order valence-electron chi connectivity index (χ2n) is 4.60. The van der Waals surface area contributed by atoms with Crippen molar-refractivity contribution in [3.05, 3.63) is 29.8 Å². The molecule has 0 amide bonds. The lowest BCUT2D eigenvalue weighted by molar-refractivity contribution is 0.662. The lowest BCUT2D eigenvalue weighted by Gasteiger charge is -2.19. The van der Waals surface area contributed by atoms with E-state index in [1.807, 2.05) is 0 Å². The van der Waals surface area contributed by atoms with Gasteiger partial charge in [0.1, 0.15) is 5.84 Å². The standard InChI is InChI=1S/C13H16N2/c1-10-8-13(14-9-10)15-7-6-11-4-2-3-5-12(11)15/h2-5,10H,6-9H2,1H3. The van der Waals surface area contributed by atoms with Crippen LogP contribution in [0.25, 0.3) is 0 Å².